The van der Waals surface area contributed by atoms with Gasteiger partial charge >= 0.3 is 0 Å². The standard InChI is InChI=1S/C12H15N3O2.ClH/c13-11(16)10(8-4-2-1-3-5-8)15-12(17)9-6-14-7-9;/h1-5,9-10,14H,6-7H2,(H2,13,16)(H,15,17);1H. The molecule has 18 heavy (non-hydrogen) atoms. The van der Waals surface area contributed by atoms with E-state index in [0.717, 1.165) is 0 Å². The Morgan fingerprint density at radius 3 is 2.33 bits per heavy atom. The van der Waals surface area contributed by atoms with Gasteiger partial charge in [-0.15, -0.1) is 12.4 Å². The molecule has 1 aromatic carbocycles. The molecule has 1 aliphatic heterocycles. The molecular weight excluding hydrogens is 254 g/mol. The highest BCUT2D eigenvalue weighted by atomic mass is 35.5. The minimum atomic E-state index is -0.746. The van der Waals surface area contributed by atoms with E-state index in [-0.39, 0.29) is 24.2 Å². The summed E-state index contributed by atoms with van der Waals surface area (Å²) in [6.45, 7) is 1.32. The summed E-state index contributed by atoms with van der Waals surface area (Å²) in [7, 11) is 0. The largest absolute Gasteiger partial charge is 0.368 e. The Kier molecular flexibility index (Phi) is 5.12. The third-order valence-electron chi connectivity index (χ3n) is 2.86. The van der Waals surface area contributed by atoms with E-state index in [2.05, 4.69) is 10.6 Å². The second kappa shape index (κ2) is 6.37. The fourth-order valence-electron chi connectivity index (χ4n) is 1.70. The van der Waals surface area contributed by atoms with Crippen LogP contribution in [0, 0.1) is 5.92 Å². The van der Waals surface area contributed by atoms with E-state index in [9.17, 15) is 9.59 Å². The Hall–Kier alpha value is -1.59. The van der Waals surface area contributed by atoms with Gasteiger partial charge in [0.05, 0.1) is 5.92 Å². The van der Waals surface area contributed by atoms with Gasteiger partial charge in [-0.25, -0.2) is 0 Å². The average molecular weight is 270 g/mol. The summed E-state index contributed by atoms with van der Waals surface area (Å²) in [5.41, 5.74) is 6.02. The molecule has 0 saturated carbocycles. The van der Waals surface area contributed by atoms with Crippen LogP contribution in [0.1, 0.15) is 11.6 Å². The number of primary amides is 1. The lowest BCUT2D eigenvalue weighted by atomic mass is 10.0. The highest BCUT2D eigenvalue weighted by Crippen LogP contribution is 2.13. The minimum absolute atomic E-state index is 0. The number of carbonyl (C=O) groups is 2. The monoisotopic (exact) mass is 269 g/mol. The molecule has 5 nitrogen and oxygen atoms in total. The molecule has 2 amide bonds. The van der Waals surface area contributed by atoms with Gasteiger partial charge in [0.15, 0.2) is 0 Å². The van der Waals surface area contributed by atoms with Crippen LogP contribution >= 0.6 is 12.4 Å². The molecule has 1 saturated heterocycles. The summed E-state index contributed by atoms with van der Waals surface area (Å²) >= 11 is 0. The van der Waals surface area contributed by atoms with Crippen molar-refractivity contribution in [2.24, 2.45) is 11.7 Å². The molecule has 1 aliphatic rings. The Morgan fingerprint density at radius 1 is 1.28 bits per heavy atom. The molecule has 1 fully saturated rings. The Labute approximate surface area is 112 Å². The number of rotatable bonds is 4. The molecule has 0 spiro atoms. The van der Waals surface area contributed by atoms with Gasteiger partial charge in [0.2, 0.25) is 11.8 Å². The second-order valence-corrected chi connectivity index (χ2v) is 4.11. The van der Waals surface area contributed by atoms with E-state index in [4.69, 9.17) is 5.73 Å². The van der Waals surface area contributed by atoms with E-state index in [0.29, 0.717) is 18.7 Å². The van der Waals surface area contributed by atoms with Crippen molar-refractivity contribution in [1.29, 1.82) is 0 Å². The maximum atomic E-state index is 11.8. The molecule has 1 heterocycles. The van der Waals surface area contributed by atoms with Gasteiger partial charge in [-0.3, -0.25) is 9.59 Å². The number of carbonyl (C=O) groups excluding carboxylic acids is 2. The van der Waals surface area contributed by atoms with Crippen LogP contribution in [0.4, 0.5) is 0 Å². The van der Waals surface area contributed by atoms with Crippen LogP contribution in [0.3, 0.4) is 0 Å². The summed E-state index contributed by atoms with van der Waals surface area (Å²) in [4.78, 5) is 23.1. The number of hydrogen-bond donors (Lipinski definition) is 3. The maximum absolute atomic E-state index is 11.8. The predicted molar refractivity (Wildman–Crippen MR) is 70.1 cm³/mol. The van der Waals surface area contributed by atoms with Crippen molar-refractivity contribution in [2.45, 2.75) is 6.04 Å². The van der Waals surface area contributed by atoms with Crippen molar-refractivity contribution < 1.29 is 9.59 Å². The Balaban J connectivity index is 0.00000162. The van der Waals surface area contributed by atoms with Crippen LogP contribution in [0.15, 0.2) is 30.3 Å². The van der Waals surface area contributed by atoms with E-state index in [1.165, 1.54) is 0 Å². The molecule has 1 aromatic rings. The number of benzene rings is 1. The van der Waals surface area contributed by atoms with Gasteiger partial charge in [0.1, 0.15) is 6.04 Å². The van der Waals surface area contributed by atoms with Crippen molar-refractivity contribution in [2.75, 3.05) is 13.1 Å². The van der Waals surface area contributed by atoms with Gasteiger partial charge < -0.3 is 16.4 Å². The average Bonchev–Trinajstić information content (AvgIpc) is 2.24. The quantitative estimate of drug-likeness (QED) is 0.718. The Bertz CT molecular complexity index is 421. The summed E-state index contributed by atoms with van der Waals surface area (Å²) in [5, 5.41) is 5.69. The third-order valence-corrected chi connectivity index (χ3v) is 2.86. The highest BCUT2D eigenvalue weighted by Gasteiger charge is 2.28. The molecule has 0 aliphatic carbocycles. The predicted octanol–water partition coefficient (Wildman–Crippen LogP) is -0.0296. The first-order valence-electron chi connectivity index (χ1n) is 5.54. The van der Waals surface area contributed by atoms with Crippen molar-refractivity contribution in [1.82, 2.24) is 10.6 Å². The van der Waals surface area contributed by atoms with Gasteiger partial charge in [-0.2, -0.15) is 0 Å². The first-order chi connectivity index (χ1) is 8.18. The molecule has 0 aromatic heterocycles. The molecule has 1 atom stereocenters. The third kappa shape index (κ3) is 3.21. The van der Waals surface area contributed by atoms with Gasteiger partial charge in [-0.1, -0.05) is 30.3 Å². The summed E-state index contributed by atoms with van der Waals surface area (Å²) in [5.74, 6) is -0.728. The minimum Gasteiger partial charge on any atom is -0.368 e. The summed E-state index contributed by atoms with van der Waals surface area (Å²) in [6, 6.07) is 8.26. The molecular formula is C12H16ClN3O2. The molecule has 2 rings (SSSR count). The normalized spacial score (nSPS) is 16.0. The molecule has 6 heteroatoms. The zero-order valence-electron chi connectivity index (χ0n) is 9.76. The number of amides is 2. The first kappa shape index (κ1) is 14.5. The highest BCUT2D eigenvalue weighted by molar-refractivity contribution is 5.89. The lowest BCUT2D eigenvalue weighted by Gasteiger charge is -2.27. The number of nitrogens with two attached hydrogens (primary N) is 1. The SMILES string of the molecule is Cl.NC(=O)C(NC(=O)C1CNC1)c1ccccc1. The van der Waals surface area contributed by atoms with Crippen LogP contribution < -0.4 is 16.4 Å². The molecule has 1 unspecified atom stereocenters. The van der Waals surface area contributed by atoms with Crippen molar-refractivity contribution in [3.05, 3.63) is 35.9 Å². The van der Waals surface area contributed by atoms with Crippen molar-refractivity contribution in [3.8, 4) is 0 Å². The molecule has 0 radical (unpaired) electrons. The second-order valence-electron chi connectivity index (χ2n) is 4.11. The van der Waals surface area contributed by atoms with Crippen LogP contribution in [-0.2, 0) is 9.59 Å². The van der Waals surface area contributed by atoms with E-state index in [1.54, 1.807) is 12.1 Å². The van der Waals surface area contributed by atoms with E-state index in [1.807, 2.05) is 18.2 Å². The van der Waals surface area contributed by atoms with Crippen LogP contribution in [0.25, 0.3) is 0 Å². The van der Waals surface area contributed by atoms with Crippen LogP contribution in [-0.4, -0.2) is 24.9 Å². The fourth-order valence-corrected chi connectivity index (χ4v) is 1.70. The fraction of sp³-hybridized carbons (Fsp3) is 0.333. The summed E-state index contributed by atoms with van der Waals surface area (Å²) in [6.07, 6.45) is 0. The number of halogens is 1. The van der Waals surface area contributed by atoms with E-state index >= 15 is 0 Å². The van der Waals surface area contributed by atoms with E-state index < -0.39 is 11.9 Å². The number of hydrogen-bond acceptors (Lipinski definition) is 3. The van der Waals surface area contributed by atoms with Crippen LogP contribution in [0.2, 0.25) is 0 Å². The molecule has 98 valence electrons. The van der Waals surface area contributed by atoms with Gasteiger partial charge in [0.25, 0.3) is 0 Å². The van der Waals surface area contributed by atoms with Crippen molar-refractivity contribution >= 4 is 24.2 Å². The smallest absolute Gasteiger partial charge is 0.244 e. The zero-order chi connectivity index (χ0) is 12.3. The van der Waals surface area contributed by atoms with Crippen LogP contribution in [0.5, 0.6) is 0 Å². The van der Waals surface area contributed by atoms with Gasteiger partial charge in [0, 0.05) is 13.1 Å². The molecule has 4 N–H and O–H groups in total. The van der Waals surface area contributed by atoms with Crippen molar-refractivity contribution in [3.63, 3.8) is 0 Å². The Morgan fingerprint density at radius 2 is 1.89 bits per heavy atom. The summed E-state index contributed by atoms with van der Waals surface area (Å²) < 4.78 is 0. The van der Waals surface area contributed by atoms with Gasteiger partial charge in [-0.05, 0) is 5.56 Å². The first-order valence-corrected chi connectivity index (χ1v) is 5.54. The number of nitrogens with one attached hydrogen (secondary N) is 2. The maximum Gasteiger partial charge on any atom is 0.244 e. The zero-order valence-corrected chi connectivity index (χ0v) is 10.6. The lowest BCUT2D eigenvalue weighted by molar-refractivity contribution is -0.131. The molecule has 0 bridgehead atoms. The lowest BCUT2D eigenvalue weighted by Crippen LogP contribution is -2.52. The topological polar surface area (TPSA) is 84.2 Å².